The Kier molecular flexibility index (Phi) is 23.5. The van der Waals surface area contributed by atoms with Crippen molar-refractivity contribution in [1.29, 1.82) is 0 Å². The number of hydrogen-bond acceptors (Lipinski definition) is 6. The maximum Gasteiger partial charge on any atom is 1.00 e. The van der Waals surface area contributed by atoms with E-state index in [1.54, 1.807) is 0 Å². The van der Waals surface area contributed by atoms with Crippen molar-refractivity contribution < 1.29 is 85.1 Å². The van der Waals surface area contributed by atoms with E-state index in [9.17, 15) is 25.9 Å². The minimum Gasteiger partial charge on any atom is -0.748 e. The van der Waals surface area contributed by atoms with Gasteiger partial charge in [-0.05, 0) is 19.3 Å². The van der Waals surface area contributed by atoms with E-state index in [4.69, 9.17) is 0 Å². The van der Waals surface area contributed by atoms with Crippen LogP contribution >= 0.6 is 0 Å². The summed E-state index contributed by atoms with van der Waals surface area (Å²) in [5.41, 5.74) is 0. The third-order valence-corrected chi connectivity index (χ3v) is 6.28. The second-order valence-electron chi connectivity index (χ2n) is 6.49. The van der Waals surface area contributed by atoms with Crippen LogP contribution in [0.2, 0.25) is 0 Å². The Hall–Kier alpha value is 1.82. The monoisotopic (exact) mass is 430 g/mol. The normalized spacial score (nSPS) is 12.9. The molecule has 0 bridgehead atoms. The third kappa shape index (κ3) is 22.1. The van der Waals surface area contributed by atoms with E-state index in [1.807, 2.05) is 0 Å². The zero-order valence-corrected chi connectivity index (χ0v) is 22.4. The molecular weight excluding hydrogens is 398 g/mol. The summed E-state index contributed by atoms with van der Waals surface area (Å²) in [7, 11) is -8.39. The van der Waals surface area contributed by atoms with Gasteiger partial charge in [0, 0.05) is 11.0 Å². The van der Waals surface area contributed by atoms with Crippen LogP contribution in [0.25, 0.3) is 0 Å². The Morgan fingerprint density at radius 1 is 0.654 bits per heavy atom. The molecule has 0 saturated carbocycles. The summed E-state index contributed by atoms with van der Waals surface area (Å²) in [4.78, 5) is 0. The summed E-state index contributed by atoms with van der Waals surface area (Å²) in [6, 6.07) is 0. The Morgan fingerprint density at radius 3 is 1.42 bits per heavy atom. The van der Waals surface area contributed by atoms with E-state index in [2.05, 4.69) is 6.92 Å². The summed E-state index contributed by atoms with van der Waals surface area (Å²) in [5, 5.41) is -0.800. The quantitative estimate of drug-likeness (QED) is 0.152. The van der Waals surface area contributed by atoms with Crippen molar-refractivity contribution in [3.05, 3.63) is 0 Å². The topological polar surface area (TPSA) is 114 Å². The summed E-state index contributed by atoms with van der Waals surface area (Å²) in [6.45, 7) is 2.14. The van der Waals surface area contributed by atoms with Crippen molar-refractivity contribution in [3.63, 3.8) is 0 Å². The summed E-state index contributed by atoms with van der Waals surface area (Å²) < 4.78 is 65.3. The van der Waals surface area contributed by atoms with Gasteiger partial charge in [-0.3, -0.25) is 0 Å². The molecule has 0 aliphatic heterocycles. The van der Waals surface area contributed by atoms with Crippen molar-refractivity contribution in [1.82, 2.24) is 0 Å². The van der Waals surface area contributed by atoms with Gasteiger partial charge >= 0.3 is 59.1 Å². The molecule has 0 aliphatic rings. The third-order valence-electron chi connectivity index (χ3n) is 4.21. The van der Waals surface area contributed by atoms with Crippen molar-refractivity contribution >= 4 is 20.2 Å². The van der Waals surface area contributed by atoms with Crippen LogP contribution in [0.1, 0.15) is 90.4 Å². The Morgan fingerprint density at radius 2 is 1.04 bits per heavy atom. The van der Waals surface area contributed by atoms with Crippen LogP contribution in [0.3, 0.4) is 0 Å². The molecule has 0 spiro atoms. The first kappa shape index (κ1) is 32.5. The van der Waals surface area contributed by atoms with Gasteiger partial charge in [0.05, 0.1) is 20.2 Å². The first-order chi connectivity index (χ1) is 11.2. The summed E-state index contributed by atoms with van der Waals surface area (Å²) >= 11 is 0. The molecule has 10 heteroatoms. The molecule has 0 rings (SSSR count). The van der Waals surface area contributed by atoms with Crippen molar-refractivity contribution in [3.8, 4) is 0 Å². The van der Waals surface area contributed by atoms with Crippen LogP contribution in [0.4, 0.5) is 0 Å². The smallest absolute Gasteiger partial charge is 0.748 e. The fourth-order valence-corrected chi connectivity index (χ4v) is 4.23. The second kappa shape index (κ2) is 18.8. The average Bonchev–Trinajstić information content (AvgIpc) is 2.45. The fraction of sp³-hybridized carbons (Fsp3) is 1.00. The average molecular weight is 431 g/mol. The molecule has 6 nitrogen and oxygen atoms in total. The standard InChI is InChI=1S/C16H34O6S2.2Na/c1-2-3-4-5-7-10-13-16(24(20,21)22)14-11-8-6-9-12-15-23(17,18)19;;/h16H,2-15H2,1H3,(H,17,18,19)(H,20,21,22);;/q;2*+1/p-2. The second-order valence-corrected chi connectivity index (χ2v) is 9.67. The largest absolute Gasteiger partial charge is 1.00 e. The maximum atomic E-state index is 11.3. The first-order valence-corrected chi connectivity index (χ1v) is 12.1. The van der Waals surface area contributed by atoms with Gasteiger partial charge in [-0.1, -0.05) is 71.1 Å². The molecule has 0 aromatic rings. The predicted octanol–water partition coefficient (Wildman–Crippen LogP) is -2.46. The Bertz CT molecular complexity index is 509. The molecule has 0 N–H and O–H groups in total. The number of unbranched alkanes of at least 4 members (excludes halogenated alkanes) is 9. The van der Waals surface area contributed by atoms with Crippen LogP contribution in [-0.2, 0) is 20.2 Å². The van der Waals surface area contributed by atoms with Gasteiger partial charge < -0.3 is 9.11 Å². The van der Waals surface area contributed by atoms with Gasteiger partial charge in [-0.2, -0.15) is 0 Å². The molecule has 0 fully saturated rings. The molecule has 146 valence electrons. The van der Waals surface area contributed by atoms with E-state index in [0.717, 1.165) is 44.9 Å². The van der Waals surface area contributed by atoms with E-state index in [-0.39, 0.29) is 64.9 Å². The van der Waals surface area contributed by atoms with Crippen LogP contribution in [0, 0.1) is 0 Å². The van der Waals surface area contributed by atoms with Crippen LogP contribution in [0.5, 0.6) is 0 Å². The molecule has 1 atom stereocenters. The summed E-state index contributed by atoms with van der Waals surface area (Å²) in [6.07, 6.45) is 10.3. The van der Waals surface area contributed by atoms with Gasteiger partial charge in [0.25, 0.3) is 0 Å². The van der Waals surface area contributed by atoms with E-state index in [1.165, 1.54) is 6.42 Å². The summed E-state index contributed by atoms with van der Waals surface area (Å²) in [5.74, 6) is -0.345. The first-order valence-electron chi connectivity index (χ1n) is 9.05. The molecule has 0 aromatic heterocycles. The van der Waals surface area contributed by atoms with Gasteiger partial charge in [0.2, 0.25) is 0 Å². The molecule has 26 heavy (non-hydrogen) atoms. The minimum absolute atomic E-state index is 0. The molecule has 0 aliphatic carbocycles. The van der Waals surface area contributed by atoms with Crippen LogP contribution in [-0.4, -0.2) is 36.9 Å². The van der Waals surface area contributed by atoms with Gasteiger partial charge in [-0.15, -0.1) is 0 Å². The molecule has 0 radical (unpaired) electrons. The van der Waals surface area contributed by atoms with Crippen LogP contribution < -0.4 is 59.1 Å². The number of rotatable bonds is 16. The van der Waals surface area contributed by atoms with Gasteiger partial charge in [-0.25, -0.2) is 16.8 Å². The SMILES string of the molecule is CCCCCCCCC(CCCCCCCS(=O)(=O)[O-])S(=O)(=O)[O-].[Na+].[Na+]. The van der Waals surface area contributed by atoms with E-state index < -0.39 is 25.5 Å². The predicted molar refractivity (Wildman–Crippen MR) is 93.7 cm³/mol. The van der Waals surface area contributed by atoms with Crippen molar-refractivity contribution in [2.75, 3.05) is 5.75 Å². The Balaban J connectivity index is -0.00000264. The molecule has 0 aromatic carbocycles. The van der Waals surface area contributed by atoms with Crippen molar-refractivity contribution in [2.24, 2.45) is 0 Å². The maximum absolute atomic E-state index is 11.3. The molecule has 0 saturated heterocycles. The molecule has 0 amide bonds. The van der Waals surface area contributed by atoms with Gasteiger partial charge in [0.15, 0.2) is 0 Å². The minimum atomic E-state index is -4.25. The molecule has 1 unspecified atom stereocenters. The zero-order valence-electron chi connectivity index (χ0n) is 16.7. The van der Waals surface area contributed by atoms with Gasteiger partial charge in [0.1, 0.15) is 0 Å². The molecule has 0 heterocycles. The van der Waals surface area contributed by atoms with Crippen molar-refractivity contribution in [2.45, 2.75) is 95.6 Å². The Labute approximate surface area is 204 Å². The molecular formula is C16H32Na2O6S2. The van der Waals surface area contributed by atoms with Crippen LogP contribution in [0.15, 0.2) is 0 Å². The van der Waals surface area contributed by atoms with E-state index in [0.29, 0.717) is 32.1 Å². The number of hydrogen-bond donors (Lipinski definition) is 0. The van der Waals surface area contributed by atoms with E-state index >= 15 is 0 Å². The fourth-order valence-electron chi connectivity index (χ4n) is 2.77. The zero-order chi connectivity index (χ0) is 18.5.